The molecule has 0 aliphatic heterocycles. The second-order valence-corrected chi connectivity index (χ2v) is 6.64. The van der Waals surface area contributed by atoms with E-state index in [0.29, 0.717) is 0 Å². The summed E-state index contributed by atoms with van der Waals surface area (Å²) >= 11 is 8.71. The average molecular weight is 361 g/mol. The van der Waals surface area contributed by atoms with E-state index in [1.54, 1.807) is 11.3 Å². The van der Waals surface area contributed by atoms with Crippen LogP contribution in [0.5, 0.6) is 0 Å². The zero-order chi connectivity index (χ0) is 11.7. The molecule has 4 heteroatoms. The summed E-state index contributed by atoms with van der Waals surface area (Å²) in [5.74, 6) is 0. The summed E-state index contributed by atoms with van der Waals surface area (Å²) in [6, 6.07) is 10.2. The molecular formula is C12H11Br2NS. The van der Waals surface area contributed by atoms with Crippen LogP contribution in [-0.2, 0) is 0 Å². The monoisotopic (exact) mass is 359 g/mol. The van der Waals surface area contributed by atoms with E-state index in [-0.39, 0.29) is 6.04 Å². The molecule has 0 bridgehead atoms. The first-order valence-corrected chi connectivity index (χ1v) is 7.25. The largest absolute Gasteiger partial charge is 0.320 e. The lowest BCUT2D eigenvalue weighted by atomic mass is 10.1. The maximum Gasteiger partial charge on any atom is 0.0646 e. The number of aryl methyl sites for hydroxylation is 1. The number of hydrogen-bond donors (Lipinski definition) is 1. The number of benzene rings is 1. The van der Waals surface area contributed by atoms with Gasteiger partial charge in [0.25, 0.3) is 0 Å². The van der Waals surface area contributed by atoms with Gasteiger partial charge in [0.2, 0.25) is 0 Å². The Morgan fingerprint density at radius 2 is 2.00 bits per heavy atom. The first-order valence-electron chi connectivity index (χ1n) is 4.85. The van der Waals surface area contributed by atoms with Gasteiger partial charge in [0.05, 0.1) is 6.04 Å². The topological polar surface area (TPSA) is 26.0 Å². The fourth-order valence-electron chi connectivity index (χ4n) is 1.50. The fraction of sp³-hybridized carbons (Fsp3) is 0.167. The standard InChI is InChI=1S/C12H11Br2NS/c1-7-10(14)6-11(16-7)12(15)8-3-2-4-9(13)5-8/h2-6,12H,15H2,1H3. The van der Waals surface area contributed by atoms with Gasteiger partial charge in [-0.2, -0.15) is 0 Å². The van der Waals surface area contributed by atoms with Gasteiger partial charge in [-0.25, -0.2) is 0 Å². The van der Waals surface area contributed by atoms with Crippen molar-refractivity contribution in [3.63, 3.8) is 0 Å². The minimum Gasteiger partial charge on any atom is -0.320 e. The Morgan fingerprint density at radius 3 is 2.56 bits per heavy atom. The summed E-state index contributed by atoms with van der Waals surface area (Å²) in [6.07, 6.45) is 0. The minimum absolute atomic E-state index is 0.0486. The van der Waals surface area contributed by atoms with Crippen molar-refractivity contribution in [2.75, 3.05) is 0 Å². The van der Waals surface area contributed by atoms with Crippen molar-refractivity contribution >= 4 is 43.2 Å². The molecule has 1 aromatic carbocycles. The average Bonchev–Trinajstić information content (AvgIpc) is 2.58. The Labute approximate surface area is 116 Å². The highest BCUT2D eigenvalue weighted by Crippen LogP contribution is 2.32. The molecule has 1 unspecified atom stereocenters. The number of nitrogens with two attached hydrogens (primary N) is 1. The Bertz CT molecular complexity index is 488. The van der Waals surface area contributed by atoms with Crippen molar-refractivity contribution in [2.45, 2.75) is 13.0 Å². The Hall–Kier alpha value is -0.160. The maximum absolute atomic E-state index is 6.24. The van der Waals surface area contributed by atoms with Crippen LogP contribution in [0, 0.1) is 6.92 Å². The van der Waals surface area contributed by atoms with Gasteiger partial charge in [0.15, 0.2) is 0 Å². The van der Waals surface area contributed by atoms with Gasteiger partial charge < -0.3 is 5.73 Å². The predicted octanol–water partition coefficient (Wildman–Crippen LogP) is 4.63. The summed E-state index contributed by atoms with van der Waals surface area (Å²) in [5.41, 5.74) is 7.36. The molecule has 0 spiro atoms. The number of halogens is 2. The lowest BCUT2D eigenvalue weighted by molar-refractivity contribution is 0.892. The molecule has 0 radical (unpaired) electrons. The van der Waals surface area contributed by atoms with E-state index in [1.165, 1.54) is 9.75 Å². The van der Waals surface area contributed by atoms with Crippen LogP contribution in [0.1, 0.15) is 21.4 Å². The Kier molecular flexibility index (Phi) is 3.85. The molecule has 0 amide bonds. The van der Waals surface area contributed by atoms with E-state index < -0.39 is 0 Å². The maximum atomic E-state index is 6.24. The first kappa shape index (κ1) is 12.3. The SMILES string of the molecule is Cc1sc(C(N)c2cccc(Br)c2)cc1Br. The van der Waals surface area contributed by atoms with E-state index in [0.717, 1.165) is 14.5 Å². The van der Waals surface area contributed by atoms with Gasteiger partial charge in [-0.05, 0) is 46.6 Å². The van der Waals surface area contributed by atoms with Gasteiger partial charge >= 0.3 is 0 Å². The lowest BCUT2D eigenvalue weighted by Crippen LogP contribution is -2.09. The summed E-state index contributed by atoms with van der Waals surface area (Å²) in [5, 5.41) is 0. The van der Waals surface area contributed by atoms with Crippen LogP contribution in [0.25, 0.3) is 0 Å². The van der Waals surface area contributed by atoms with Gasteiger partial charge in [0.1, 0.15) is 0 Å². The van der Waals surface area contributed by atoms with Crippen molar-refractivity contribution in [3.05, 3.63) is 54.6 Å². The molecule has 16 heavy (non-hydrogen) atoms. The molecular weight excluding hydrogens is 350 g/mol. The van der Waals surface area contributed by atoms with Gasteiger partial charge in [-0.3, -0.25) is 0 Å². The molecule has 2 rings (SSSR count). The third-order valence-corrected chi connectivity index (χ3v) is 5.10. The Morgan fingerprint density at radius 1 is 1.25 bits per heavy atom. The van der Waals surface area contributed by atoms with Crippen LogP contribution in [0.15, 0.2) is 39.3 Å². The van der Waals surface area contributed by atoms with Crippen LogP contribution < -0.4 is 5.73 Å². The molecule has 1 nitrogen and oxygen atoms in total. The summed E-state index contributed by atoms with van der Waals surface area (Å²) in [6.45, 7) is 2.09. The molecule has 1 aromatic heterocycles. The Balaban J connectivity index is 2.35. The lowest BCUT2D eigenvalue weighted by Gasteiger charge is -2.09. The highest BCUT2D eigenvalue weighted by molar-refractivity contribution is 9.10. The van der Waals surface area contributed by atoms with Crippen LogP contribution in [0.3, 0.4) is 0 Å². The van der Waals surface area contributed by atoms with Gasteiger partial charge in [0, 0.05) is 18.7 Å². The normalized spacial score (nSPS) is 12.8. The van der Waals surface area contributed by atoms with E-state index in [1.807, 2.05) is 12.1 Å². The molecule has 1 atom stereocenters. The smallest absolute Gasteiger partial charge is 0.0646 e. The number of hydrogen-bond acceptors (Lipinski definition) is 2. The second-order valence-electron chi connectivity index (χ2n) is 3.59. The molecule has 0 aliphatic rings. The van der Waals surface area contributed by atoms with Crippen molar-refractivity contribution in [2.24, 2.45) is 5.73 Å². The number of thiophene rings is 1. The molecule has 2 N–H and O–H groups in total. The van der Waals surface area contributed by atoms with Crippen molar-refractivity contribution in [1.29, 1.82) is 0 Å². The molecule has 1 heterocycles. The van der Waals surface area contributed by atoms with Gasteiger partial charge in [-0.15, -0.1) is 11.3 Å². The van der Waals surface area contributed by atoms with Crippen molar-refractivity contribution in [1.82, 2.24) is 0 Å². The van der Waals surface area contributed by atoms with Crippen molar-refractivity contribution < 1.29 is 0 Å². The molecule has 0 fully saturated rings. The number of rotatable bonds is 2. The van der Waals surface area contributed by atoms with Crippen LogP contribution >= 0.6 is 43.2 Å². The second kappa shape index (κ2) is 5.00. The molecule has 84 valence electrons. The third-order valence-electron chi connectivity index (χ3n) is 2.39. The predicted molar refractivity (Wildman–Crippen MR) is 76.9 cm³/mol. The van der Waals surface area contributed by atoms with E-state index in [2.05, 4.69) is 57.0 Å². The third kappa shape index (κ3) is 2.56. The summed E-state index contributed by atoms with van der Waals surface area (Å²) in [7, 11) is 0. The van der Waals surface area contributed by atoms with E-state index in [9.17, 15) is 0 Å². The fourth-order valence-corrected chi connectivity index (χ4v) is 3.51. The first-order chi connectivity index (χ1) is 7.58. The van der Waals surface area contributed by atoms with E-state index >= 15 is 0 Å². The highest BCUT2D eigenvalue weighted by atomic mass is 79.9. The highest BCUT2D eigenvalue weighted by Gasteiger charge is 2.13. The van der Waals surface area contributed by atoms with Crippen LogP contribution in [0.2, 0.25) is 0 Å². The quantitative estimate of drug-likeness (QED) is 0.830. The zero-order valence-corrected chi connectivity index (χ0v) is 12.7. The van der Waals surface area contributed by atoms with Crippen LogP contribution in [-0.4, -0.2) is 0 Å². The summed E-state index contributed by atoms with van der Waals surface area (Å²) < 4.78 is 2.20. The van der Waals surface area contributed by atoms with Gasteiger partial charge in [-0.1, -0.05) is 28.1 Å². The molecule has 2 aromatic rings. The summed E-state index contributed by atoms with van der Waals surface area (Å²) in [4.78, 5) is 2.45. The van der Waals surface area contributed by atoms with E-state index in [4.69, 9.17) is 5.73 Å². The van der Waals surface area contributed by atoms with Crippen molar-refractivity contribution in [3.8, 4) is 0 Å². The molecule has 0 saturated carbocycles. The molecule has 0 saturated heterocycles. The molecule has 0 aliphatic carbocycles. The minimum atomic E-state index is -0.0486. The zero-order valence-electron chi connectivity index (χ0n) is 8.71. The van der Waals surface area contributed by atoms with Crippen LogP contribution in [0.4, 0.5) is 0 Å².